The maximum atomic E-state index is 10.4. The van der Waals surface area contributed by atoms with Gasteiger partial charge in [0.25, 0.3) is 0 Å². The number of unbranched alkanes of at least 4 members (excludes halogenated alkanes) is 30. The Morgan fingerprint density at radius 3 is 0.712 bits per heavy atom. The molecule has 0 aromatic carbocycles. The van der Waals surface area contributed by atoms with Crippen LogP contribution < -0.4 is 0 Å². The lowest BCUT2D eigenvalue weighted by atomic mass is 10.1. The summed E-state index contributed by atoms with van der Waals surface area (Å²) in [6.07, 6.45) is 41.9. The Morgan fingerprint density at radius 1 is 0.308 bits per heavy atom. The third-order valence-electron chi connectivity index (χ3n) is 9.17. The second-order valence-corrected chi connectivity index (χ2v) is 14.4. The van der Waals surface area contributed by atoms with Crippen LogP contribution >= 0.6 is 0 Å². The Balaban J connectivity index is 0. The molecule has 0 bridgehead atoms. The molecule has 0 aliphatic carbocycles. The van der Waals surface area contributed by atoms with E-state index < -0.39 is 11.9 Å². The fraction of sp³-hybridized carbons (Fsp3) is 0.792. The second-order valence-electron chi connectivity index (χ2n) is 14.4. The average Bonchev–Trinajstić information content (AvgIpc) is 3.13. The standard InChI is InChI=1S/C25H42O2.C23H38O2/c1-2-3-4-5-6-7-8-9-10-11-12-13-14-15-16-17-18-19-20-21-22-23-24-25(26)27;1-2-3-4-5-6-7-8-9-10-11-12-13-14-15-16-17-18-19-20-21-22-23(24)25/h2-12,17-24H2,1H3,(H,26,27);2-10,15-22H2,1H3,(H,24,25). The molecule has 0 spiro atoms. The van der Waals surface area contributed by atoms with E-state index in [0.717, 1.165) is 77.0 Å². The molecule has 0 saturated carbocycles. The molecule has 0 heterocycles. The lowest BCUT2D eigenvalue weighted by molar-refractivity contribution is -0.138. The second kappa shape index (κ2) is 48.2. The SMILES string of the molecule is CCCCCCCCCCC#CC#CCCCCCCCCC(=O)O.CCCCCCCCCCCCC#CC#CCCCCCCCCC(=O)O. The van der Waals surface area contributed by atoms with Gasteiger partial charge >= 0.3 is 11.9 Å². The molecule has 52 heavy (non-hydrogen) atoms. The van der Waals surface area contributed by atoms with Gasteiger partial charge in [-0.2, -0.15) is 0 Å². The molecule has 2 N–H and O–H groups in total. The van der Waals surface area contributed by atoms with Gasteiger partial charge in [-0.15, -0.1) is 0 Å². The van der Waals surface area contributed by atoms with Gasteiger partial charge < -0.3 is 10.2 Å². The lowest BCUT2D eigenvalue weighted by Gasteiger charge is -2.00. The first-order valence-corrected chi connectivity index (χ1v) is 21.9. The molecule has 0 aliphatic heterocycles. The van der Waals surface area contributed by atoms with Crippen molar-refractivity contribution in [3.05, 3.63) is 0 Å². The fourth-order valence-corrected chi connectivity index (χ4v) is 5.87. The molecular formula is C48H80O4. The third kappa shape index (κ3) is 54.0. The number of carboxylic acid groups (broad SMARTS) is 2. The van der Waals surface area contributed by atoms with E-state index in [4.69, 9.17) is 10.2 Å². The minimum Gasteiger partial charge on any atom is -0.481 e. The highest BCUT2D eigenvalue weighted by Crippen LogP contribution is 2.12. The molecular weight excluding hydrogens is 641 g/mol. The summed E-state index contributed by atoms with van der Waals surface area (Å²) in [5, 5.41) is 17.1. The maximum absolute atomic E-state index is 10.4. The summed E-state index contributed by atoms with van der Waals surface area (Å²) in [5.74, 6) is 23.1. The van der Waals surface area contributed by atoms with Crippen molar-refractivity contribution in [3.8, 4) is 47.4 Å². The first-order chi connectivity index (χ1) is 25.5. The van der Waals surface area contributed by atoms with Gasteiger partial charge in [-0.3, -0.25) is 9.59 Å². The van der Waals surface area contributed by atoms with Gasteiger partial charge in [0.05, 0.1) is 0 Å². The molecule has 0 fully saturated rings. The van der Waals surface area contributed by atoms with Crippen LogP contribution in [0.25, 0.3) is 0 Å². The van der Waals surface area contributed by atoms with E-state index in [1.54, 1.807) is 0 Å². The summed E-state index contributed by atoms with van der Waals surface area (Å²) in [4.78, 5) is 20.7. The molecule has 296 valence electrons. The van der Waals surface area contributed by atoms with Crippen molar-refractivity contribution in [2.75, 3.05) is 0 Å². The number of aliphatic carboxylic acids is 2. The summed E-state index contributed by atoms with van der Waals surface area (Å²) < 4.78 is 0. The quantitative estimate of drug-likeness (QED) is 0.0513. The van der Waals surface area contributed by atoms with Crippen molar-refractivity contribution in [1.29, 1.82) is 0 Å². The summed E-state index contributed by atoms with van der Waals surface area (Å²) in [6.45, 7) is 4.53. The molecule has 0 unspecified atom stereocenters. The number of rotatable bonds is 34. The van der Waals surface area contributed by atoms with Crippen LogP contribution in [0.2, 0.25) is 0 Å². The zero-order valence-electron chi connectivity index (χ0n) is 34.2. The molecule has 0 aliphatic rings. The van der Waals surface area contributed by atoms with Crippen molar-refractivity contribution in [1.82, 2.24) is 0 Å². The molecule has 0 aromatic heterocycles. The van der Waals surface area contributed by atoms with Crippen LogP contribution in [-0.2, 0) is 9.59 Å². The topological polar surface area (TPSA) is 74.6 Å². The van der Waals surface area contributed by atoms with Gasteiger partial charge in [0.15, 0.2) is 0 Å². The molecule has 4 nitrogen and oxygen atoms in total. The van der Waals surface area contributed by atoms with Crippen molar-refractivity contribution in [2.45, 2.75) is 245 Å². The van der Waals surface area contributed by atoms with Crippen LogP contribution in [0.5, 0.6) is 0 Å². The van der Waals surface area contributed by atoms with Gasteiger partial charge in [-0.25, -0.2) is 0 Å². The zero-order valence-corrected chi connectivity index (χ0v) is 34.2. The van der Waals surface area contributed by atoms with Gasteiger partial charge in [0.2, 0.25) is 0 Å². The highest BCUT2D eigenvalue weighted by atomic mass is 16.4. The van der Waals surface area contributed by atoms with Crippen LogP contribution in [0.1, 0.15) is 245 Å². The largest absolute Gasteiger partial charge is 0.481 e. The Morgan fingerprint density at radius 2 is 0.500 bits per heavy atom. The van der Waals surface area contributed by atoms with Crippen molar-refractivity contribution >= 4 is 11.9 Å². The Hall–Kier alpha value is -2.82. The number of hydrogen-bond donors (Lipinski definition) is 2. The number of carbonyl (C=O) groups is 2. The van der Waals surface area contributed by atoms with Crippen LogP contribution in [0.3, 0.4) is 0 Å². The molecule has 0 aromatic rings. The predicted molar refractivity (Wildman–Crippen MR) is 224 cm³/mol. The van der Waals surface area contributed by atoms with E-state index in [-0.39, 0.29) is 0 Å². The molecule has 0 saturated heterocycles. The monoisotopic (exact) mass is 721 g/mol. The van der Waals surface area contributed by atoms with Gasteiger partial charge in [0, 0.05) is 38.5 Å². The van der Waals surface area contributed by atoms with Crippen molar-refractivity contribution < 1.29 is 19.8 Å². The molecule has 0 amide bonds. The normalized spacial score (nSPS) is 9.88. The van der Waals surface area contributed by atoms with Crippen molar-refractivity contribution in [2.24, 2.45) is 0 Å². The fourth-order valence-electron chi connectivity index (χ4n) is 5.87. The van der Waals surface area contributed by atoms with Gasteiger partial charge in [-0.1, -0.05) is 192 Å². The predicted octanol–water partition coefficient (Wildman–Crippen LogP) is 14.2. The zero-order chi connectivity index (χ0) is 38.3. The summed E-state index contributed by atoms with van der Waals surface area (Å²) in [5.41, 5.74) is 0. The minimum absolute atomic E-state index is 0.309. The van der Waals surface area contributed by atoms with E-state index in [2.05, 4.69) is 61.2 Å². The van der Waals surface area contributed by atoms with Gasteiger partial charge in [-0.05, 0) is 62.2 Å². The highest BCUT2D eigenvalue weighted by molar-refractivity contribution is 5.66. The molecule has 0 rings (SSSR count). The first-order valence-electron chi connectivity index (χ1n) is 21.9. The van der Waals surface area contributed by atoms with E-state index >= 15 is 0 Å². The Bertz CT molecular complexity index is 1030. The van der Waals surface area contributed by atoms with Gasteiger partial charge in [0.1, 0.15) is 0 Å². The van der Waals surface area contributed by atoms with Crippen molar-refractivity contribution in [3.63, 3.8) is 0 Å². The van der Waals surface area contributed by atoms with E-state index in [1.165, 1.54) is 141 Å². The number of carboxylic acids is 2. The van der Waals surface area contributed by atoms with E-state index in [9.17, 15) is 9.59 Å². The molecule has 0 radical (unpaired) electrons. The first kappa shape index (κ1) is 51.3. The van der Waals surface area contributed by atoms with Crippen LogP contribution in [0.4, 0.5) is 0 Å². The highest BCUT2D eigenvalue weighted by Gasteiger charge is 1.97. The van der Waals surface area contributed by atoms with Crippen LogP contribution in [0, 0.1) is 47.4 Å². The van der Waals surface area contributed by atoms with Crippen LogP contribution in [-0.4, -0.2) is 22.2 Å². The summed E-state index contributed by atoms with van der Waals surface area (Å²) >= 11 is 0. The lowest BCUT2D eigenvalue weighted by Crippen LogP contribution is -1.93. The summed E-state index contributed by atoms with van der Waals surface area (Å²) in [7, 11) is 0. The average molecular weight is 721 g/mol. The minimum atomic E-state index is -0.682. The number of hydrogen-bond acceptors (Lipinski definition) is 2. The Labute approximate surface area is 323 Å². The van der Waals surface area contributed by atoms with E-state index in [0.29, 0.717) is 12.8 Å². The molecule has 0 atom stereocenters. The smallest absolute Gasteiger partial charge is 0.303 e. The third-order valence-corrected chi connectivity index (χ3v) is 9.17. The molecule has 4 heteroatoms. The Kier molecular flexibility index (Phi) is 47.5. The maximum Gasteiger partial charge on any atom is 0.303 e. The summed E-state index contributed by atoms with van der Waals surface area (Å²) in [6, 6.07) is 0. The van der Waals surface area contributed by atoms with E-state index in [1.807, 2.05) is 0 Å². The van der Waals surface area contributed by atoms with Crippen LogP contribution in [0.15, 0.2) is 0 Å².